The topological polar surface area (TPSA) is 18.5 Å². The van der Waals surface area contributed by atoms with Gasteiger partial charge in [0.1, 0.15) is 0 Å². The molecule has 0 atom stereocenters. The van der Waals surface area contributed by atoms with Gasteiger partial charge in [0, 0.05) is 6.54 Å². The van der Waals surface area contributed by atoms with Crippen LogP contribution < -0.4 is 5.32 Å². The monoisotopic (exact) mass is 253 g/mol. The van der Waals surface area contributed by atoms with E-state index >= 15 is 0 Å². The lowest BCUT2D eigenvalue weighted by Crippen LogP contribution is -2.42. The number of piperidine rings is 1. The molecule has 0 aromatic heterocycles. The highest BCUT2D eigenvalue weighted by Gasteiger charge is 2.28. The maximum absolute atomic E-state index is 3.69. The molecule has 3 nitrogen and oxygen atoms in total. The Bertz CT molecular complexity index is 228. The van der Waals surface area contributed by atoms with E-state index in [1.165, 1.54) is 77.9 Å². The number of rotatable bonds is 6. The second-order valence-corrected chi connectivity index (χ2v) is 6.69. The zero-order chi connectivity index (χ0) is 12.8. The van der Waals surface area contributed by atoms with Crippen molar-refractivity contribution in [2.24, 2.45) is 5.41 Å². The van der Waals surface area contributed by atoms with Gasteiger partial charge in [-0.2, -0.15) is 0 Å². The first kappa shape index (κ1) is 14.3. The van der Waals surface area contributed by atoms with Gasteiger partial charge < -0.3 is 15.1 Å². The van der Waals surface area contributed by atoms with E-state index in [-0.39, 0.29) is 0 Å². The average Bonchev–Trinajstić information content (AvgIpc) is 2.86. The minimum Gasteiger partial charge on any atom is -0.316 e. The zero-order valence-corrected chi connectivity index (χ0v) is 12.4. The van der Waals surface area contributed by atoms with Crippen molar-refractivity contribution in [1.29, 1.82) is 0 Å². The van der Waals surface area contributed by atoms with Crippen LogP contribution in [0.2, 0.25) is 0 Å². The van der Waals surface area contributed by atoms with E-state index in [9.17, 15) is 0 Å². The molecule has 106 valence electrons. The van der Waals surface area contributed by atoms with E-state index in [4.69, 9.17) is 0 Å². The Kier molecular flexibility index (Phi) is 5.46. The molecule has 2 fully saturated rings. The van der Waals surface area contributed by atoms with Crippen LogP contribution in [0.5, 0.6) is 0 Å². The predicted molar refractivity (Wildman–Crippen MR) is 78.0 cm³/mol. The van der Waals surface area contributed by atoms with Crippen LogP contribution in [0.15, 0.2) is 0 Å². The Morgan fingerprint density at radius 2 is 1.72 bits per heavy atom. The van der Waals surface area contributed by atoms with Crippen LogP contribution in [-0.2, 0) is 0 Å². The molecular weight excluding hydrogens is 222 g/mol. The van der Waals surface area contributed by atoms with E-state index < -0.39 is 0 Å². The molecule has 0 saturated carbocycles. The van der Waals surface area contributed by atoms with E-state index in [1.807, 2.05) is 0 Å². The maximum atomic E-state index is 3.69. The van der Waals surface area contributed by atoms with Gasteiger partial charge in [0.15, 0.2) is 0 Å². The Morgan fingerprint density at radius 1 is 1.06 bits per heavy atom. The smallest absolute Gasteiger partial charge is 0.000612 e. The lowest BCUT2D eigenvalue weighted by atomic mass is 9.80. The van der Waals surface area contributed by atoms with Gasteiger partial charge in [-0.25, -0.2) is 0 Å². The summed E-state index contributed by atoms with van der Waals surface area (Å²) >= 11 is 0. The highest BCUT2D eigenvalue weighted by atomic mass is 15.1. The minimum atomic E-state index is 0.542. The lowest BCUT2D eigenvalue weighted by molar-refractivity contribution is 0.137. The lowest BCUT2D eigenvalue weighted by Gasteiger charge is -2.38. The summed E-state index contributed by atoms with van der Waals surface area (Å²) in [6.45, 7) is 11.4. The number of nitrogens with one attached hydrogen (secondary N) is 1. The Morgan fingerprint density at radius 3 is 2.39 bits per heavy atom. The van der Waals surface area contributed by atoms with Crippen molar-refractivity contribution in [3.63, 3.8) is 0 Å². The largest absolute Gasteiger partial charge is 0.316 e. The van der Waals surface area contributed by atoms with Crippen molar-refractivity contribution in [2.75, 3.05) is 52.9 Å². The third-order valence-electron chi connectivity index (χ3n) is 4.77. The van der Waals surface area contributed by atoms with Gasteiger partial charge in [0.25, 0.3) is 0 Å². The second kappa shape index (κ2) is 6.88. The van der Waals surface area contributed by atoms with Crippen LogP contribution in [-0.4, -0.2) is 62.7 Å². The summed E-state index contributed by atoms with van der Waals surface area (Å²) in [7, 11) is 2.24. The summed E-state index contributed by atoms with van der Waals surface area (Å²) in [5.41, 5.74) is 0.542. The van der Waals surface area contributed by atoms with Crippen LogP contribution in [0.1, 0.15) is 39.0 Å². The Labute approximate surface area is 113 Å². The molecule has 2 rings (SSSR count). The minimum absolute atomic E-state index is 0.542. The van der Waals surface area contributed by atoms with Gasteiger partial charge in [-0.1, -0.05) is 6.92 Å². The summed E-state index contributed by atoms with van der Waals surface area (Å²) < 4.78 is 0. The van der Waals surface area contributed by atoms with Gasteiger partial charge in [-0.3, -0.25) is 0 Å². The number of likely N-dealkylation sites (tertiary alicyclic amines) is 2. The molecule has 2 saturated heterocycles. The highest BCUT2D eigenvalue weighted by molar-refractivity contribution is 4.83. The van der Waals surface area contributed by atoms with Crippen LogP contribution in [0.4, 0.5) is 0 Å². The molecule has 2 heterocycles. The van der Waals surface area contributed by atoms with Crippen molar-refractivity contribution in [2.45, 2.75) is 39.0 Å². The molecule has 0 bridgehead atoms. The van der Waals surface area contributed by atoms with E-state index in [0.717, 1.165) is 0 Å². The van der Waals surface area contributed by atoms with Gasteiger partial charge >= 0.3 is 0 Å². The summed E-state index contributed by atoms with van der Waals surface area (Å²) in [5.74, 6) is 0. The summed E-state index contributed by atoms with van der Waals surface area (Å²) in [6.07, 6.45) is 6.85. The molecular formula is C15H31N3. The number of nitrogens with zero attached hydrogens (tertiary/aromatic N) is 2. The van der Waals surface area contributed by atoms with Gasteiger partial charge in [-0.05, 0) is 83.8 Å². The standard InChI is InChI=1S/C15H31N3/c1-15(6-12-17(2)13-7-15)14-16-8-5-11-18-9-3-4-10-18/h16H,3-14H2,1-2H3. The summed E-state index contributed by atoms with van der Waals surface area (Å²) in [5, 5.41) is 3.69. The van der Waals surface area contributed by atoms with Crippen molar-refractivity contribution in [1.82, 2.24) is 15.1 Å². The molecule has 0 aliphatic carbocycles. The fraction of sp³-hybridized carbons (Fsp3) is 1.00. The Hall–Kier alpha value is -0.120. The van der Waals surface area contributed by atoms with Gasteiger partial charge in [0.05, 0.1) is 0 Å². The number of hydrogen-bond donors (Lipinski definition) is 1. The average molecular weight is 253 g/mol. The van der Waals surface area contributed by atoms with Crippen molar-refractivity contribution in [3.05, 3.63) is 0 Å². The van der Waals surface area contributed by atoms with Crippen LogP contribution in [0, 0.1) is 5.41 Å². The molecule has 0 radical (unpaired) electrons. The first-order valence-electron chi connectivity index (χ1n) is 7.80. The molecule has 0 unspecified atom stereocenters. The molecule has 2 aliphatic rings. The van der Waals surface area contributed by atoms with Gasteiger partial charge in [-0.15, -0.1) is 0 Å². The van der Waals surface area contributed by atoms with Crippen molar-refractivity contribution >= 4 is 0 Å². The molecule has 0 spiro atoms. The molecule has 0 aromatic rings. The quantitative estimate of drug-likeness (QED) is 0.728. The molecule has 2 aliphatic heterocycles. The third kappa shape index (κ3) is 4.52. The zero-order valence-electron chi connectivity index (χ0n) is 12.4. The van der Waals surface area contributed by atoms with E-state index in [0.29, 0.717) is 5.41 Å². The van der Waals surface area contributed by atoms with Gasteiger partial charge in [0.2, 0.25) is 0 Å². The normalized spacial score (nSPS) is 25.7. The Balaban J connectivity index is 1.52. The molecule has 1 N–H and O–H groups in total. The van der Waals surface area contributed by atoms with Crippen molar-refractivity contribution in [3.8, 4) is 0 Å². The van der Waals surface area contributed by atoms with Crippen LogP contribution >= 0.6 is 0 Å². The molecule has 0 amide bonds. The maximum Gasteiger partial charge on any atom is 0.000612 e. The second-order valence-electron chi connectivity index (χ2n) is 6.69. The van der Waals surface area contributed by atoms with Crippen LogP contribution in [0.3, 0.4) is 0 Å². The molecule has 3 heteroatoms. The molecule has 0 aromatic carbocycles. The van der Waals surface area contributed by atoms with E-state index in [1.54, 1.807) is 0 Å². The van der Waals surface area contributed by atoms with Crippen LogP contribution in [0.25, 0.3) is 0 Å². The number of hydrogen-bond acceptors (Lipinski definition) is 3. The first-order chi connectivity index (χ1) is 8.68. The fourth-order valence-electron chi connectivity index (χ4n) is 3.16. The fourth-order valence-corrected chi connectivity index (χ4v) is 3.16. The summed E-state index contributed by atoms with van der Waals surface area (Å²) in [6, 6.07) is 0. The third-order valence-corrected chi connectivity index (χ3v) is 4.77. The van der Waals surface area contributed by atoms with Crippen molar-refractivity contribution < 1.29 is 0 Å². The highest BCUT2D eigenvalue weighted by Crippen LogP contribution is 2.29. The predicted octanol–water partition coefficient (Wildman–Crippen LogP) is 1.79. The van der Waals surface area contributed by atoms with E-state index in [2.05, 4.69) is 29.1 Å². The molecule has 18 heavy (non-hydrogen) atoms. The summed E-state index contributed by atoms with van der Waals surface area (Å²) in [4.78, 5) is 5.06. The SMILES string of the molecule is CN1CCC(C)(CNCCCN2CCCC2)CC1. The first-order valence-corrected chi connectivity index (χ1v) is 7.80.